The van der Waals surface area contributed by atoms with Crippen molar-refractivity contribution >= 4 is 11.7 Å². The summed E-state index contributed by atoms with van der Waals surface area (Å²) in [5.74, 6) is -0.118. The molecule has 0 aliphatic heterocycles. The van der Waals surface area contributed by atoms with Crippen LogP contribution in [0, 0.1) is 5.92 Å². The first-order valence-corrected chi connectivity index (χ1v) is 7.53. The summed E-state index contributed by atoms with van der Waals surface area (Å²) < 4.78 is 0. The lowest BCUT2D eigenvalue weighted by Gasteiger charge is -2.27. The maximum atomic E-state index is 12.9. The Bertz CT molecular complexity index is 536. The molecule has 1 unspecified atom stereocenters. The zero-order valence-corrected chi connectivity index (χ0v) is 12.0. The van der Waals surface area contributed by atoms with Gasteiger partial charge in [-0.05, 0) is 37.2 Å². The third kappa shape index (κ3) is 3.17. The molecule has 0 spiro atoms. The molecule has 2 fully saturated rings. The molecule has 1 aromatic carbocycles. The second-order valence-corrected chi connectivity index (χ2v) is 6.03. The van der Waals surface area contributed by atoms with Crippen molar-refractivity contribution < 1.29 is 10.0 Å². The molecular formula is C16H21N3O2. The molecule has 21 heavy (non-hydrogen) atoms. The number of oxime groups is 1. The first kappa shape index (κ1) is 13.9. The number of hydrogen-bond donors (Lipinski definition) is 2. The van der Waals surface area contributed by atoms with Crippen LogP contribution >= 0.6 is 0 Å². The maximum Gasteiger partial charge on any atom is 0.238 e. The molecule has 112 valence electrons. The summed E-state index contributed by atoms with van der Waals surface area (Å²) in [6.07, 6.45) is 4.54. The smallest absolute Gasteiger partial charge is 0.238 e. The van der Waals surface area contributed by atoms with Gasteiger partial charge in [-0.1, -0.05) is 35.5 Å². The number of benzene rings is 1. The predicted molar refractivity (Wildman–Crippen MR) is 80.1 cm³/mol. The summed E-state index contributed by atoms with van der Waals surface area (Å²) in [6, 6.07) is 9.66. The fraction of sp³-hybridized carbons (Fsp3) is 0.500. The van der Waals surface area contributed by atoms with Crippen molar-refractivity contribution in [3.8, 4) is 0 Å². The van der Waals surface area contributed by atoms with Gasteiger partial charge in [0.1, 0.15) is 5.92 Å². The highest BCUT2D eigenvalue weighted by Gasteiger charge is 2.40. The summed E-state index contributed by atoms with van der Waals surface area (Å²) in [6.45, 7) is 0.811. The number of amides is 1. The molecule has 1 aromatic rings. The number of amidine groups is 1. The molecule has 0 aromatic heterocycles. The SMILES string of the molecule is NC(=NO)C(C(=O)N(CC1CC1)C1CC1)c1ccccc1. The molecule has 2 aliphatic carbocycles. The third-order valence-corrected chi connectivity index (χ3v) is 4.21. The van der Waals surface area contributed by atoms with Crippen LogP contribution < -0.4 is 5.73 Å². The van der Waals surface area contributed by atoms with Crippen LogP contribution in [0.4, 0.5) is 0 Å². The Morgan fingerprint density at radius 1 is 1.29 bits per heavy atom. The second kappa shape index (κ2) is 5.76. The van der Waals surface area contributed by atoms with Crippen molar-refractivity contribution in [2.75, 3.05) is 6.54 Å². The Labute approximate surface area is 124 Å². The minimum atomic E-state index is -0.685. The van der Waals surface area contributed by atoms with Gasteiger partial charge >= 0.3 is 0 Å². The van der Waals surface area contributed by atoms with Gasteiger partial charge in [0.25, 0.3) is 0 Å². The van der Waals surface area contributed by atoms with Crippen LogP contribution in [-0.4, -0.2) is 34.4 Å². The molecule has 3 rings (SSSR count). The summed E-state index contributed by atoms with van der Waals surface area (Å²) in [4.78, 5) is 14.9. The van der Waals surface area contributed by atoms with E-state index < -0.39 is 5.92 Å². The number of nitrogens with two attached hydrogens (primary N) is 1. The Morgan fingerprint density at radius 2 is 1.95 bits per heavy atom. The van der Waals surface area contributed by atoms with Gasteiger partial charge in [0.15, 0.2) is 5.84 Å². The van der Waals surface area contributed by atoms with E-state index in [0.29, 0.717) is 12.0 Å². The lowest BCUT2D eigenvalue weighted by atomic mass is 9.96. The first-order valence-electron chi connectivity index (χ1n) is 7.53. The molecule has 2 saturated carbocycles. The van der Waals surface area contributed by atoms with E-state index in [0.717, 1.165) is 24.9 Å². The van der Waals surface area contributed by atoms with E-state index in [2.05, 4.69) is 5.16 Å². The molecule has 3 N–H and O–H groups in total. The maximum absolute atomic E-state index is 12.9. The van der Waals surface area contributed by atoms with Gasteiger partial charge in [0, 0.05) is 12.6 Å². The van der Waals surface area contributed by atoms with Crippen molar-refractivity contribution in [1.82, 2.24) is 4.90 Å². The lowest BCUT2D eigenvalue weighted by Crippen LogP contribution is -2.42. The van der Waals surface area contributed by atoms with Crippen LogP contribution in [-0.2, 0) is 4.79 Å². The highest BCUT2D eigenvalue weighted by atomic mass is 16.4. The summed E-state index contributed by atoms with van der Waals surface area (Å²) in [5, 5.41) is 12.1. The third-order valence-electron chi connectivity index (χ3n) is 4.21. The summed E-state index contributed by atoms with van der Waals surface area (Å²) in [5.41, 5.74) is 6.58. The number of nitrogens with zero attached hydrogens (tertiary/aromatic N) is 2. The number of carbonyl (C=O) groups is 1. The monoisotopic (exact) mass is 287 g/mol. The van der Waals surface area contributed by atoms with Gasteiger partial charge in [-0.3, -0.25) is 4.79 Å². The largest absolute Gasteiger partial charge is 0.409 e. The summed E-state index contributed by atoms with van der Waals surface area (Å²) >= 11 is 0. The highest BCUT2D eigenvalue weighted by molar-refractivity contribution is 6.07. The molecule has 0 radical (unpaired) electrons. The van der Waals surface area contributed by atoms with E-state index in [9.17, 15) is 4.79 Å². The highest BCUT2D eigenvalue weighted by Crippen LogP contribution is 2.36. The van der Waals surface area contributed by atoms with Crippen LogP contribution in [0.3, 0.4) is 0 Å². The van der Waals surface area contributed by atoms with E-state index in [4.69, 9.17) is 10.9 Å². The van der Waals surface area contributed by atoms with Crippen molar-refractivity contribution in [3.63, 3.8) is 0 Å². The Morgan fingerprint density at radius 3 is 2.48 bits per heavy atom. The van der Waals surface area contributed by atoms with Gasteiger partial charge < -0.3 is 15.8 Å². The van der Waals surface area contributed by atoms with E-state index >= 15 is 0 Å². The van der Waals surface area contributed by atoms with E-state index in [-0.39, 0.29) is 11.7 Å². The zero-order valence-electron chi connectivity index (χ0n) is 12.0. The number of rotatable bonds is 6. The van der Waals surface area contributed by atoms with Crippen LogP contribution in [0.2, 0.25) is 0 Å². The Balaban J connectivity index is 1.85. The predicted octanol–water partition coefficient (Wildman–Crippen LogP) is 1.92. The quantitative estimate of drug-likeness (QED) is 0.363. The molecule has 1 amide bonds. The minimum absolute atomic E-state index is 0.0346. The van der Waals surface area contributed by atoms with Crippen molar-refractivity contribution in [2.24, 2.45) is 16.8 Å². The second-order valence-electron chi connectivity index (χ2n) is 6.03. The van der Waals surface area contributed by atoms with Gasteiger partial charge in [0.05, 0.1) is 0 Å². The number of hydrogen-bond acceptors (Lipinski definition) is 3. The van der Waals surface area contributed by atoms with E-state index in [1.54, 1.807) is 0 Å². The molecule has 0 heterocycles. The van der Waals surface area contributed by atoms with Gasteiger partial charge in [-0.15, -0.1) is 0 Å². The van der Waals surface area contributed by atoms with E-state index in [1.165, 1.54) is 12.8 Å². The molecule has 0 bridgehead atoms. The van der Waals surface area contributed by atoms with Crippen LogP contribution in [0.5, 0.6) is 0 Å². The Kier molecular flexibility index (Phi) is 3.82. The van der Waals surface area contributed by atoms with E-state index in [1.807, 2.05) is 35.2 Å². The van der Waals surface area contributed by atoms with Crippen LogP contribution in [0.15, 0.2) is 35.5 Å². The molecule has 0 saturated heterocycles. The van der Waals surface area contributed by atoms with Crippen LogP contribution in [0.25, 0.3) is 0 Å². The minimum Gasteiger partial charge on any atom is -0.409 e. The Hall–Kier alpha value is -2.04. The van der Waals surface area contributed by atoms with Crippen molar-refractivity contribution in [2.45, 2.75) is 37.6 Å². The molecule has 1 atom stereocenters. The topological polar surface area (TPSA) is 78.9 Å². The normalized spacial score (nSPS) is 20.1. The lowest BCUT2D eigenvalue weighted by molar-refractivity contribution is -0.132. The van der Waals surface area contributed by atoms with Gasteiger partial charge in [-0.2, -0.15) is 0 Å². The summed E-state index contributed by atoms with van der Waals surface area (Å²) in [7, 11) is 0. The van der Waals surface area contributed by atoms with Crippen LogP contribution in [0.1, 0.15) is 37.2 Å². The van der Waals surface area contributed by atoms with Crippen molar-refractivity contribution in [3.05, 3.63) is 35.9 Å². The fourth-order valence-corrected chi connectivity index (χ4v) is 2.69. The molecular weight excluding hydrogens is 266 g/mol. The first-order chi connectivity index (χ1) is 10.2. The van der Waals surface area contributed by atoms with Gasteiger partial charge in [0.2, 0.25) is 5.91 Å². The fourth-order valence-electron chi connectivity index (χ4n) is 2.69. The molecule has 5 nitrogen and oxygen atoms in total. The average molecular weight is 287 g/mol. The standard InChI is InChI=1S/C16H21N3O2/c17-15(18-21)14(12-4-2-1-3-5-12)16(20)19(13-8-9-13)10-11-6-7-11/h1-5,11,13-14,21H,6-10H2,(H2,17,18). The molecule has 5 heteroatoms. The van der Waals surface area contributed by atoms with Gasteiger partial charge in [-0.25, -0.2) is 0 Å². The number of carbonyl (C=O) groups excluding carboxylic acids is 1. The molecule has 2 aliphatic rings. The zero-order chi connectivity index (χ0) is 14.8. The average Bonchev–Trinajstić information content (AvgIpc) is 3.39. The van der Waals surface area contributed by atoms with Crippen molar-refractivity contribution in [1.29, 1.82) is 0 Å².